The summed E-state index contributed by atoms with van der Waals surface area (Å²) in [6.45, 7) is 3.10. The van der Waals surface area contributed by atoms with Gasteiger partial charge in [-0.15, -0.1) is 0 Å². The van der Waals surface area contributed by atoms with E-state index in [4.69, 9.17) is 4.74 Å². The molecule has 0 aromatic heterocycles. The lowest BCUT2D eigenvalue weighted by Gasteiger charge is -2.37. The van der Waals surface area contributed by atoms with Crippen molar-refractivity contribution in [3.63, 3.8) is 0 Å². The largest absolute Gasteiger partial charge is 0.381 e. The van der Waals surface area contributed by atoms with Crippen LogP contribution in [0.5, 0.6) is 0 Å². The van der Waals surface area contributed by atoms with Gasteiger partial charge in [0.15, 0.2) is 0 Å². The Morgan fingerprint density at radius 1 is 0.864 bits per heavy atom. The van der Waals surface area contributed by atoms with Gasteiger partial charge in [-0.1, -0.05) is 57.6 Å². The molecule has 22 heavy (non-hydrogen) atoms. The molecule has 0 atom stereocenters. The van der Waals surface area contributed by atoms with E-state index >= 15 is 0 Å². The van der Waals surface area contributed by atoms with E-state index in [9.17, 15) is 0 Å². The molecule has 1 nitrogen and oxygen atoms in total. The Bertz CT molecular complexity index is 293. The zero-order valence-corrected chi connectivity index (χ0v) is 15.1. The first-order chi connectivity index (χ1) is 10.8. The van der Waals surface area contributed by atoms with Crippen LogP contribution in [0.3, 0.4) is 0 Å². The predicted molar refractivity (Wildman–Crippen MR) is 96.1 cm³/mol. The van der Waals surface area contributed by atoms with Gasteiger partial charge in [-0.2, -0.15) is 0 Å². The summed E-state index contributed by atoms with van der Waals surface area (Å²) in [6.07, 6.45) is 22.3. The number of allylic oxidation sites excluding steroid dienone is 1. The molecular formula is C21H38O. The molecular weight excluding hydrogens is 268 g/mol. The minimum atomic E-state index is 0.780. The van der Waals surface area contributed by atoms with E-state index in [1.807, 2.05) is 0 Å². The van der Waals surface area contributed by atoms with Crippen LogP contribution in [0, 0.1) is 23.7 Å². The molecule has 0 aromatic carbocycles. The van der Waals surface area contributed by atoms with Crippen molar-refractivity contribution in [3.8, 4) is 0 Å². The van der Waals surface area contributed by atoms with Gasteiger partial charge in [0.2, 0.25) is 0 Å². The van der Waals surface area contributed by atoms with E-state index in [0.29, 0.717) is 0 Å². The molecule has 0 N–H and O–H groups in total. The highest BCUT2D eigenvalue weighted by Gasteiger charge is 2.30. The maximum absolute atomic E-state index is 5.11. The van der Waals surface area contributed by atoms with Crippen LogP contribution < -0.4 is 0 Å². The number of hydrogen-bond donors (Lipinski definition) is 0. The summed E-state index contributed by atoms with van der Waals surface area (Å²) in [5, 5.41) is 0. The summed E-state index contributed by atoms with van der Waals surface area (Å²) in [7, 11) is 1.78. The van der Waals surface area contributed by atoms with Gasteiger partial charge in [0.1, 0.15) is 0 Å². The topological polar surface area (TPSA) is 9.23 Å². The van der Waals surface area contributed by atoms with Crippen LogP contribution in [0.1, 0.15) is 84.0 Å². The van der Waals surface area contributed by atoms with Gasteiger partial charge in [-0.05, 0) is 62.2 Å². The minimum absolute atomic E-state index is 0.780. The van der Waals surface area contributed by atoms with Crippen LogP contribution in [0.2, 0.25) is 0 Å². The van der Waals surface area contributed by atoms with Gasteiger partial charge in [0, 0.05) is 7.11 Å². The molecule has 2 saturated carbocycles. The molecule has 2 rings (SSSR count). The third-order valence-electron chi connectivity index (χ3n) is 6.26. The molecule has 0 unspecified atom stereocenters. The Kier molecular flexibility index (Phi) is 8.59. The lowest BCUT2D eigenvalue weighted by Crippen LogP contribution is -2.25. The average Bonchev–Trinajstić information content (AvgIpc) is 2.57. The molecule has 2 aliphatic carbocycles. The van der Waals surface area contributed by atoms with Crippen molar-refractivity contribution >= 4 is 0 Å². The Labute approximate surface area is 138 Å². The fourth-order valence-corrected chi connectivity index (χ4v) is 4.78. The van der Waals surface area contributed by atoms with Crippen LogP contribution in [-0.4, -0.2) is 13.7 Å². The fraction of sp³-hybridized carbons (Fsp3) is 0.905. The molecule has 0 bridgehead atoms. The molecule has 0 amide bonds. The van der Waals surface area contributed by atoms with E-state index in [-0.39, 0.29) is 0 Å². The van der Waals surface area contributed by atoms with Crippen LogP contribution >= 0.6 is 0 Å². The molecule has 0 heterocycles. The van der Waals surface area contributed by atoms with Crippen molar-refractivity contribution < 1.29 is 4.74 Å². The monoisotopic (exact) mass is 306 g/mol. The summed E-state index contributed by atoms with van der Waals surface area (Å²) in [4.78, 5) is 0. The second-order valence-electron chi connectivity index (χ2n) is 7.83. The normalized spacial score (nSPS) is 33.4. The van der Waals surface area contributed by atoms with Gasteiger partial charge in [0.05, 0.1) is 6.61 Å². The van der Waals surface area contributed by atoms with Gasteiger partial charge in [-0.25, -0.2) is 0 Å². The Morgan fingerprint density at radius 2 is 1.50 bits per heavy atom. The van der Waals surface area contributed by atoms with Crippen molar-refractivity contribution in [3.05, 3.63) is 12.2 Å². The van der Waals surface area contributed by atoms with E-state index in [2.05, 4.69) is 19.1 Å². The number of hydrogen-bond acceptors (Lipinski definition) is 1. The minimum Gasteiger partial charge on any atom is -0.381 e. The zero-order chi connectivity index (χ0) is 15.6. The van der Waals surface area contributed by atoms with E-state index in [1.165, 1.54) is 77.0 Å². The van der Waals surface area contributed by atoms with E-state index in [0.717, 1.165) is 30.3 Å². The summed E-state index contributed by atoms with van der Waals surface area (Å²) >= 11 is 0. The predicted octanol–water partition coefficient (Wildman–Crippen LogP) is 6.38. The SMILES string of the molecule is CCCCC[C@H]1CC[C@H](C2CCC(/C=C/COC)CC2)CC1. The highest BCUT2D eigenvalue weighted by Crippen LogP contribution is 2.42. The number of methoxy groups -OCH3 is 1. The van der Waals surface area contributed by atoms with E-state index in [1.54, 1.807) is 7.11 Å². The summed E-state index contributed by atoms with van der Waals surface area (Å²) in [5.74, 6) is 4.00. The highest BCUT2D eigenvalue weighted by atomic mass is 16.5. The lowest BCUT2D eigenvalue weighted by atomic mass is 9.68. The Balaban J connectivity index is 1.62. The second kappa shape index (κ2) is 10.5. The molecule has 128 valence electrons. The molecule has 0 radical (unpaired) electrons. The fourth-order valence-electron chi connectivity index (χ4n) is 4.78. The van der Waals surface area contributed by atoms with Crippen molar-refractivity contribution in [2.45, 2.75) is 84.0 Å². The van der Waals surface area contributed by atoms with Crippen molar-refractivity contribution in [1.82, 2.24) is 0 Å². The summed E-state index contributed by atoms with van der Waals surface area (Å²) < 4.78 is 5.11. The standard InChI is InChI=1S/C21H38O/c1-3-4-5-7-18-9-13-20(14-10-18)21-15-11-19(12-16-21)8-6-17-22-2/h6,8,18-21H,3-5,7,9-17H2,1-2H3/b8-6+/t18-,19?,20-,21?. The van der Waals surface area contributed by atoms with Crippen LogP contribution in [0.25, 0.3) is 0 Å². The van der Waals surface area contributed by atoms with Gasteiger partial charge < -0.3 is 4.74 Å². The molecule has 0 aliphatic heterocycles. The van der Waals surface area contributed by atoms with Crippen molar-refractivity contribution in [2.24, 2.45) is 23.7 Å². The second-order valence-corrected chi connectivity index (χ2v) is 7.83. The van der Waals surface area contributed by atoms with Crippen molar-refractivity contribution in [1.29, 1.82) is 0 Å². The first kappa shape index (κ1) is 18.0. The van der Waals surface area contributed by atoms with Crippen LogP contribution in [0.4, 0.5) is 0 Å². The summed E-state index contributed by atoms with van der Waals surface area (Å²) in [6, 6.07) is 0. The Morgan fingerprint density at radius 3 is 2.09 bits per heavy atom. The Hall–Kier alpha value is -0.300. The molecule has 2 aliphatic rings. The van der Waals surface area contributed by atoms with Crippen LogP contribution in [-0.2, 0) is 4.74 Å². The number of unbranched alkanes of at least 4 members (excludes halogenated alkanes) is 2. The number of ether oxygens (including phenoxy) is 1. The zero-order valence-electron chi connectivity index (χ0n) is 15.1. The van der Waals surface area contributed by atoms with Gasteiger partial charge in [0.25, 0.3) is 0 Å². The first-order valence-electron chi connectivity index (χ1n) is 9.99. The quantitative estimate of drug-likeness (QED) is 0.373. The van der Waals surface area contributed by atoms with Gasteiger partial charge >= 0.3 is 0 Å². The van der Waals surface area contributed by atoms with Crippen molar-refractivity contribution in [2.75, 3.05) is 13.7 Å². The van der Waals surface area contributed by atoms with Crippen LogP contribution in [0.15, 0.2) is 12.2 Å². The maximum Gasteiger partial charge on any atom is 0.0643 e. The molecule has 1 heteroatoms. The maximum atomic E-state index is 5.11. The highest BCUT2D eigenvalue weighted by molar-refractivity contribution is 4.92. The van der Waals surface area contributed by atoms with E-state index < -0.39 is 0 Å². The smallest absolute Gasteiger partial charge is 0.0643 e. The first-order valence-corrected chi connectivity index (χ1v) is 9.99. The molecule has 0 aromatic rings. The molecule has 0 spiro atoms. The number of rotatable bonds is 8. The third-order valence-corrected chi connectivity index (χ3v) is 6.26. The molecule has 0 saturated heterocycles. The summed E-state index contributed by atoms with van der Waals surface area (Å²) in [5.41, 5.74) is 0. The average molecular weight is 307 g/mol. The third kappa shape index (κ3) is 6.07. The molecule has 2 fully saturated rings. The lowest BCUT2D eigenvalue weighted by molar-refractivity contribution is 0.151. The van der Waals surface area contributed by atoms with Gasteiger partial charge in [-0.3, -0.25) is 0 Å².